The third-order valence-electron chi connectivity index (χ3n) is 3.98. The Labute approximate surface area is 135 Å². The largest absolute Gasteiger partial charge is 0.335 e. The zero-order valence-electron chi connectivity index (χ0n) is 11.3. The van der Waals surface area contributed by atoms with E-state index >= 15 is 0 Å². The van der Waals surface area contributed by atoms with Gasteiger partial charge in [-0.3, -0.25) is 4.79 Å². The number of hydrogen-bond donors (Lipinski definition) is 0. The summed E-state index contributed by atoms with van der Waals surface area (Å²) in [5.74, 6) is 1.06. The molecule has 1 saturated heterocycles. The minimum absolute atomic E-state index is 0.0338. The first-order chi connectivity index (χ1) is 10.3. The van der Waals surface area contributed by atoms with Crippen molar-refractivity contribution in [3.8, 4) is 0 Å². The van der Waals surface area contributed by atoms with Gasteiger partial charge in [-0.1, -0.05) is 23.9 Å². The Kier molecular flexibility index (Phi) is 3.40. The van der Waals surface area contributed by atoms with Gasteiger partial charge < -0.3 is 4.90 Å². The molecule has 2 aromatic heterocycles. The Hall–Kier alpha value is -1.11. The van der Waals surface area contributed by atoms with Crippen LogP contribution >= 0.6 is 34.4 Å². The van der Waals surface area contributed by atoms with E-state index in [9.17, 15) is 4.79 Å². The Morgan fingerprint density at radius 2 is 1.81 bits per heavy atom. The van der Waals surface area contributed by atoms with Crippen LogP contribution in [0.4, 0.5) is 0 Å². The molecule has 0 radical (unpaired) electrons. The topological polar surface area (TPSA) is 32.7 Å². The van der Waals surface area contributed by atoms with Crippen LogP contribution in [0, 0.1) is 0 Å². The van der Waals surface area contributed by atoms with E-state index in [2.05, 4.69) is 44.9 Å². The third kappa shape index (κ3) is 2.25. The maximum absolute atomic E-state index is 12.7. The van der Waals surface area contributed by atoms with E-state index < -0.39 is 5.54 Å². The van der Waals surface area contributed by atoms with Gasteiger partial charge in [-0.05, 0) is 22.9 Å². The second-order valence-electron chi connectivity index (χ2n) is 5.24. The summed E-state index contributed by atoms with van der Waals surface area (Å²) < 4.78 is 0. The van der Waals surface area contributed by atoms with Gasteiger partial charge in [-0.15, -0.1) is 22.7 Å². The molecule has 0 aliphatic carbocycles. The number of hydrogen-bond acceptors (Lipinski definition) is 5. The standard InChI is InChI=1S/C15H14N2OS3/c18-13-15(9-11-3-1-6-19-11,10-12-4-2-7-20-12)17-5-8-21-14(17)16-13/h1-4,6-7H,5,8-10H2. The molecule has 2 aliphatic heterocycles. The Morgan fingerprint density at radius 1 is 1.14 bits per heavy atom. The second kappa shape index (κ2) is 5.26. The highest BCUT2D eigenvalue weighted by molar-refractivity contribution is 8.14. The maximum atomic E-state index is 12.7. The van der Waals surface area contributed by atoms with Crippen LogP contribution in [-0.4, -0.2) is 33.8 Å². The summed E-state index contributed by atoms with van der Waals surface area (Å²) in [5, 5.41) is 5.08. The highest BCUT2D eigenvalue weighted by atomic mass is 32.2. The number of carbonyl (C=O) groups excluding carboxylic acids is 1. The molecule has 0 bridgehead atoms. The maximum Gasteiger partial charge on any atom is 0.274 e. The highest BCUT2D eigenvalue weighted by Crippen LogP contribution is 2.39. The van der Waals surface area contributed by atoms with Gasteiger partial charge in [0.15, 0.2) is 5.17 Å². The van der Waals surface area contributed by atoms with E-state index in [-0.39, 0.29) is 5.91 Å². The molecule has 0 saturated carbocycles. The smallest absolute Gasteiger partial charge is 0.274 e. The fourth-order valence-electron chi connectivity index (χ4n) is 3.01. The zero-order chi connectivity index (χ0) is 14.3. The van der Waals surface area contributed by atoms with Crippen LogP contribution in [0.1, 0.15) is 9.75 Å². The minimum atomic E-state index is -0.505. The van der Waals surface area contributed by atoms with Crippen molar-refractivity contribution in [1.29, 1.82) is 0 Å². The summed E-state index contributed by atoms with van der Waals surface area (Å²) in [6.07, 6.45) is 1.52. The van der Waals surface area contributed by atoms with Crippen LogP contribution < -0.4 is 0 Å². The number of amidine groups is 1. The lowest BCUT2D eigenvalue weighted by molar-refractivity contribution is -0.125. The Morgan fingerprint density at radius 3 is 2.38 bits per heavy atom. The SMILES string of the molecule is O=C1N=C2SCCN2C1(Cc1cccs1)Cc1cccs1. The lowest BCUT2D eigenvalue weighted by Crippen LogP contribution is -2.53. The van der Waals surface area contributed by atoms with Gasteiger partial charge in [0, 0.05) is 34.9 Å². The summed E-state index contributed by atoms with van der Waals surface area (Å²) in [7, 11) is 0. The number of rotatable bonds is 4. The molecule has 0 unspecified atom stereocenters. The van der Waals surface area contributed by atoms with Crippen LogP contribution in [0.15, 0.2) is 40.0 Å². The van der Waals surface area contributed by atoms with E-state index in [1.54, 1.807) is 34.4 Å². The van der Waals surface area contributed by atoms with Crippen molar-refractivity contribution in [1.82, 2.24) is 4.90 Å². The molecule has 2 aliphatic rings. The molecule has 4 rings (SSSR count). The van der Waals surface area contributed by atoms with Crippen molar-refractivity contribution >= 4 is 45.5 Å². The van der Waals surface area contributed by atoms with E-state index in [1.165, 1.54) is 9.75 Å². The lowest BCUT2D eigenvalue weighted by Gasteiger charge is -2.35. The lowest BCUT2D eigenvalue weighted by atomic mass is 9.88. The van der Waals surface area contributed by atoms with Crippen LogP contribution in [0.5, 0.6) is 0 Å². The minimum Gasteiger partial charge on any atom is -0.335 e. The van der Waals surface area contributed by atoms with E-state index in [0.717, 1.165) is 30.3 Å². The van der Waals surface area contributed by atoms with E-state index in [4.69, 9.17) is 0 Å². The third-order valence-corrected chi connectivity index (χ3v) is 6.69. The van der Waals surface area contributed by atoms with Gasteiger partial charge in [0.05, 0.1) is 0 Å². The summed E-state index contributed by atoms with van der Waals surface area (Å²) in [6.45, 7) is 0.923. The molecule has 4 heterocycles. The van der Waals surface area contributed by atoms with Crippen LogP contribution in [0.25, 0.3) is 0 Å². The first-order valence-electron chi connectivity index (χ1n) is 6.86. The number of fused-ring (bicyclic) bond motifs is 1. The second-order valence-corrected chi connectivity index (χ2v) is 8.37. The Balaban J connectivity index is 1.73. The molecule has 2 aromatic rings. The predicted molar refractivity (Wildman–Crippen MR) is 90.4 cm³/mol. The monoisotopic (exact) mass is 334 g/mol. The molecule has 0 N–H and O–H groups in total. The average Bonchev–Trinajstić information content (AvgIpc) is 3.21. The van der Waals surface area contributed by atoms with Gasteiger partial charge in [0.2, 0.25) is 0 Å². The molecule has 21 heavy (non-hydrogen) atoms. The zero-order valence-corrected chi connectivity index (χ0v) is 13.8. The number of aliphatic imine (C=N–C) groups is 1. The van der Waals surface area contributed by atoms with Crippen LogP contribution in [0.2, 0.25) is 0 Å². The van der Waals surface area contributed by atoms with Gasteiger partial charge in [0.25, 0.3) is 5.91 Å². The fraction of sp³-hybridized carbons (Fsp3) is 0.333. The van der Waals surface area contributed by atoms with Crippen molar-refractivity contribution in [3.63, 3.8) is 0 Å². The number of carbonyl (C=O) groups is 1. The average molecular weight is 334 g/mol. The molecule has 3 nitrogen and oxygen atoms in total. The molecule has 1 amide bonds. The van der Waals surface area contributed by atoms with Crippen molar-refractivity contribution in [3.05, 3.63) is 44.8 Å². The number of thioether (sulfide) groups is 1. The summed E-state index contributed by atoms with van der Waals surface area (Å²) in [4.78, 5) is 21.8. The van der Waals surface area contributed by atoms with Crippen LogP contribution in [-0.2, 0) is 17.6 Å². The van der Waals surface area contributed by atoms with Crippen molar-refractivity contribution in [2.75, 3.05) is 12.3 Å². The van der Waals surface area contributed by atoms with Crippen molar-refractivity contribution in [2.45, 2.75) is 18.4 Å². The van der Waals surface area contributed by atoms with E-state index in [0.29, 0.717) is 0 Å². The van der Waals surface area contributed by atoms with Crippen LogP contribution in [0.3, 0.4) is 0 Å². The summed E-state index contributed by atoms with van der Waals surface area (Å²) >= 11 is 5.15. The molecular formula is C15H14N2OS3. The van der Waals surface area contributed by atoms with Crippen molar-refractivity contribution < 1.29 is 4.79 Å². The quantitative estimate of drug-likeness (QED) is 0.860. The van der Waals surface area contributed by atoms with Gasteiger partial charge in [-0.25, -0.2) is 0 Å². The number of thiophene rings is 2. The van der Waals surface area contributed by atoms with Gasteiger partial charge in [0.1, 0.15) is 5.54 Å². The molecule has 0 atom stereocenters. The normalized spacial score (nSPS) is 19.9. The predicted octanol–water partition coefficient (Wildman–Crippen LogP) is 3.28. The molecule has 6 heteroatoms. The van der Waals surface area contributed by atoms with Gasteiger partial charge >= 0.3 is 0 Å². The first-order valence-corrected chi connectivity index (χ1v) is 9.61. The van der Waals surface area contributed by atoms with E-state index in [1.807, 2.05) is 0 Å². The number of amides is 1. The Bertz CT molecular complexity index is 640. The fourth-order valence-corrected chi connectivity index (χ4v) is 5.65. The summed E-state index contributed by atoms with van der Waals surface area (Å²) in [5.41, 5.74) is -0.505. The van der Waals surface area contributed by atoms with Crippen molar-refractivity contribution in [2.24, 2.45) is 4.99 Å². The summed E-state index contributed by atoms with van der Waals surface area (Å²) in [6, 6.07) is 8.35. The molecule has 1 fully saturated rings. The molecule has 0 aromatic carbocycles. The first kappa shape index (κ1) is 13.5. The highest BCUT2D eigenvalue weighted by Gasteiger charge is 2.52. The number of nitrogens with zero attached hydrogens (tertiary/aromatic N) is 2. The molecular weight excluding hydrogens is 320 g/mol. The van der Waals surface area contributed by atoms with Gasteiger partial charge in [-0.2, -0.15) is 4.99 Å². The molecule has 0 spiro atoms. The molecule has 108 valence electrons.